The van der Waals surface area contributed by atoms with E-state index in [1.807, 2.05) is 38.2 Å². The molecule has 0 spiro atoms. The maximum absolute atomic E-state index is 12.8. The quantitative estimate of drug-likeness (QED) is 0.670. The Kier molecular flexibility index (Phi) is 4.77. The van der Waals surface area contributed by atoms with Crippen LogP contribution in [0.3, 0.4) is 0 Å². The maximum Gasteiger partial charge on any atom is 0.251 e. The highest BCUT2D eigenvalue weighted by Crippen LogP contribution is 2.25. The molecule has 2 N–H and O–H groups in total. The van der Waals surface area contributed by atoms with Crippen LogP contribution in [-0.2, 0) is 16.0 Å². The number of fused-ring (bicyclic) bond motifs is 1. The molecule has 5 heteroatoms. The first-order chi connectivity index (χ1) is 13.4. The largest absolute Gasteiger partial charge is 0.361 e. The summed E-state index contributed by atoms with van der Waals surface area (Å²) >= 11 is 0. The minimum Gasteiger partial charge on any atom is -0.361 e. The molecule has 0 saturated carbocycles. The van der Waals surface area contributed by atoms with Gasteiger partial charge in [0, 0.05) is 23.6 Å². The molecule has 3 aromatic rings. The minimum absolute atomic E-state index is 0.145. The molecule has 4 rings (SSSR count). The lowest BCUT2D eigenvalue weighted by molar-refractivity contribution is -0.121. The number of aryl methyl sites for hydroxylation is 3. The molecule has 1 fully saturated rings. The number of anilines is 1. The van der Waals surface area contributed by atoms with Crippen molar-refractivity contribution < 1.29 is 9.59 Å². The SMILES string of the molecule is Cc1ccc2[nH]cc(CCNC3CC(=O)N(c4ccc(C)c(C)c4)C3=O)c2c1. The molecule has 1 aliphatic heterocycles. The molecular weight excluding hydrogens is 350 g/mol. The van der Waals surface area contributed by atoms with Gasteiger partial charge in [-0.05, 0) is 68.1 Å². The fraction of sp³-hybridized carbons (Fsp3) is 0.304. The number of hydrogen-bond donors (Lipinski definition) is 2. The van der Waals surface area contributed by atoms with E-state index in [-0.39, 0.29) is 18.2 Å². The number of aromatic nitrogens is 1. The smallest absolute Gasteiger partial charge is 0.251 e. The van der Waals surface area contributed by atoms with Crippen LogP contribution in [0.4, 0.5) is 5.69 Å². The molecule has 0 radical (unpaired) electrons. The summed E-state index contributed by atoms with van der Waals surface area (Å²) in [6.07, 6.45) is 3.03. The summed E-state index contributed by atoms with van der Waals surface area (Å²) in [7, 11) is 0. The Morgan fingerprint density at radius 3 is 2.68 bits per heavy atom. The fourth-order valence-electron chi connectivity index (χ4n) is 3.81. The molecule has 1 saturated heterocycles. The van der Waals surface area contributed by atoms with Crippen molar-refractivity contribution in [2.45, 2.75) is 39.7 Å². The van der Waals surface area contributed by atoms with Crippen LogP contribution in [0.2, 0.25) is 0 Å². The molecule has 2 heterocycles. The van der Waals surface area contributed by atoms with Crippen molar-refractivity contribution in [3.63, 3.8) is 0 Å². The number of imide groups is 1. The van der Waals surface area contributed by atoms with E-state index in [1.54, 1.807) is 0 Å². The predicted molar refractivity (Wildman–Crippen MR) is 112 cm³/mol. The highest BCUT2D eigenvalue weighted by Gasteiger charge is 2.39. The number of carbonyl (C=O) groups excluding carboxylic acids is 2. The highest BCUT2D eigenvalue weighted by atomic mass is 16.2. The highest BCUT2D eigenvalue weighted by molar-refractivity contribution is 6.22. The summed E-state index contributed by atoms with van der Waals surface area (Å²) in [5.41, 5.74) is 6.44. The van der Waals surface area contributed by atoms with E-state index in [1.165, 1.54) is 21.4 Å². The van der Waals surface area contributed by atoms with Gasteiger partial charge in [-0.25, -0.2) is 4.90 Å². The Bertz CT molecular complexity index is 1070. The van der Waals surface area contributed by atoms with Gasteiger partial charge >= 0.3 is 0 Å². The number of hydrogen-bond acceptors (Lipinski definition) is 3. The van der Waals surface area contributed by atoms with Gasteiger partial charge in [-0.2, -0.15) is 0 Å². The van der Waals surface area contributed by atoms with Crippen LogP contribution in [0.1, 0.15) is 28.7 Å². The summed E-state index contributed by atoms with van der Waals surface area (Å²) < 4.78 is 0. The zero-order valence-corrected chi connectivity index (χ0v) is 16.5. The van der Waals surface area contributed by atoms with E-state index in [9.17, 15) is 9.59 Å². The number of carbonyl (C=O) groups is 2. The lowest BCUT2D eigenvalue weighted by Crippen LogP contribution is -2.39. The third-order valence-electron chi connectivity index (χ3n) is 5.60. The number of amides is 2. The first-order valence-corrected chi connectivity index (χ1v) is 9.68. The Hall–Kier alpha value is -2.92. The van der Waals surface area contributed by atoms with E-state index in [0.29, 0.717) is 12.2 Å². The zero-order valence-electron chi connectivity index (χ0n) is 16.5. The normalized spacial score (nSPS) is 17.1. The molecule has 0 bridgehead atoms. The van der Waals surface area contributed by atoms with Crippen molar-refractivity contribution in [2.24, 2.45) is 0 Å². The van der Waals surface area contributed by atoms with Gasteiger partial charge in [-0.3, -0.25) is 9.59 Å². The topological polar surface area (TPSA) is 65.2 Å². The molecule has 2 aromatic carbocycles. The number of rotatable bonds is 5. The summed E-state index contributed by atoms with van der Waals surface area (Å²) in [5, 5.41) is 4.49. The van der Waals surface area contributed by atoms with Crippen LogP contribution < -0.4 is 10.2 Å². The monoisotopic (exact) mass is 375 g/mol. The first kappa shape index (κ1) is 18.4. The second-order valence-corrected chi connectivity index (χ2v) is 7.66. The average Bonchev–Trinajstić information content (AvgIpc) is 3.18. The van der Waals surface area contributed by atoms with E-state index in [0.717, 1.165) is 23.1 Å². The Morgan fingerprint density at radius 1 is 1.07 bits per heavy atom. The zero-order chi connectivity index (χ0) is 19.8. The number of H-pyrrole nitrogens is 1. The molecule has 1 unspecified atom stereocenters. The lowest BCUT2D eigenvalue weighted by Gasteiger charge is -2.17. The summed E-state index contributed by atoms with van der Waals surface area (Å²) in [4.78, 5) is 29.9. The standard InChI is InChI=1S/C23H25N3O2/c1-14-4-7-20-19(10-14)17(13-25-20)8-9-24-21-12-22(27)26(23(21)28)18-6-5-15(2)16(3)11-18/h4-7,10-11,13,21,24-25H,8-9,12H2,1-3H3. The van der Waals surface area contributed by atoms with Crippen molar-refractivity contribution in [3.8, 4) is 0 Å². The van der Waals surface area contributed by atoms with Gasteiger partial charge in [0.05, 0.1) is 18.2 Å². The molecule has 1 atom stereocenters. The Balaban J connectivity index is 1.43. The van der Waals surface area contributed by atoms with Gasteiger partial charge in [0.2, 0.25) is 5.91 Å². The Labute approximate surface area is 164 Å². The van der Waals surface area contributed by atoms with Crippen LogP contribution in [0.5, 0.6) is 0 Å². The number of nitrogens with one attached hydrogen (secondary N) is 2. The van der Waals surface area contributed by atoms with Crippen LogP contribution >= 0.6 is 0 Å². The molecule has 0 aliphatic carbocycles. The van der Waals surface area contributed by atoms with Gasteiger partial charge in [-0.1, -0.05) is 17.7 Å². The van der Waals surface area contributed by atoms with Crippen LogP contribution in [0.25, 0.3) is 10.9 Å². The molecule has 5 nitrogen and oxygen atoms in total. The summed E-state index contributed by atoms with van der Waals surface area (Å²) in [6.45, 7) is 6.73. The third kappa shape index (κ3) is 3.34. The van der Waals surface area contributed by atoms with Crippen molar-refractivity contribution in [1.82, 2.24) is 10.3 Å². The molecule has 1 aromatic heterocycles. The fourth-order valence-corrected chi connectivity index (χ4v) is 3.81. The van der Waals surface area contributed by atoms with E-state index < -0.39 is 6.04 Å². The van der Waals surface area contributed by atoms with Crippen molar-refractivity contribution in [2.75, 3.05) is 11.4 Å². The van der Waals surface area contributed by atoms with Crippen molar-refractivity contribution >= 4 is 28.4 Å². The summed E-state index contributed by atoms with van der Waals surface area (Å²) in [6, 6.07) is 11.6. The second-order valence-electron chi connectivity index (χ2n) is 7.66. The van der Waals surface area contributed by atoms with Crippen LogP contribution in [0.15, 0.2) is 42.6 Å². The Morgan fingerprint density at radius 2 is 1.89 bits per heavy atom. The number of benzene rings is 2. The van der Waals surface area contributed by atoms with Crippen LogP contribution in [0, 0.1) is 20.8 Å². The van der Waals surface area contributed by atoms with Gasteiger partial charge in [-0.15, -0.1) is 0 Å². The minimum atomic E-state index is -0.457. The van der Waals surface area contributed by atoms with Crippen LogP contribution in [-0.4, -0.2) is 29.4 Å². The first-order valence-electron chi connectivity index (χ1n) is 9.68. The predicted octanol–water partition coefficient (Wildman–Crippen LogP) is 3.56. The van der Waals surface area contributed by atoms with Gasteiger partial charge in [0.25, 0.3) is 5.91 Å². The van der Waals surface area contributed by atoms with Gasteiger partial charge in [0.15, 0.2) is 0 Å². The third-order valence-corrected chi connectivity index (χ3v) is 5.60. The second kappa shape index (κ2) is 7.24. The molecule has 1 aliphatic rings. The average molecular weight is 375 g/mol. The number of aromatic amines is 1. The summed E-state index contributed by atoms with van der Waals surface area (Å²) in [5.74, 6) is -0.309. The molecule has 28 heavy (non-hydrogen) atoms. The molecule has 144 valence electrons. The van der Waals surface area contributed by atoms with E-state index in [4.69, 9.17) is 0 Å². The van der Waals surface area contributed by atoms with Gasteiger partial charge < -0.3 is 10.3 Å². The maximum atomic E-state index is 12.8. The van der Waals surface area contributed by atoms with Crippen molar-refractivity contribution in [1.29, 1.82) is 0 Å². The number of nitrogens with zero attached hydrogens (tertiary/aromatic N) is 1. The molecule has 2 amide bonds. The van der Waals surface area contributed by atoms with E-state index in [2.05, 4.69) is 35.4 Å². The molecular formula is C23H25N3O2. The van der Waals surface area contributed by atoms with Crippen molar-refractivity contribution in [3.05, 3.63) is 64.8 Å². The van der Waals surface area contributed by atoms with E-state index >= 15 is 0 Å². The lowest BCUT2D eigenvalue weighted by atomic mass is 10.1. The van der Waals surface area contributed by atoms with Gasteiger partial charge in [0.1, 0.15) is 0 Å².